The molecule has 0 aliphatic carbocycles. The second-order valence-electron chi connectivity index (χ2n) is 7.56. The summed E-state index contributed by atoms with van der Waals surface area (Å²) in [6.07, 6.45) is 6.30. The van der Waals surface area contributed by atoms with E-state index in [-0.39, 0.29) is 18.4 Å². The van der Waals surface area contributed by atoms with Crippen molar-refractivity contribution in [3.63, 3.8) is 0 Å². The number of amides is 1. The summed E-state index contributed by atoms with van der Waals surface area (Å²) >= 11 is 0. The molecule has 0 saturated carbocycles. The van der Waals surface area contributed by atoms with Crippen molar-refractivity contribution in [3.05, 3.63) is 30.3 Å². The van der Waals surface area contributed by atoms with Gasteiger partial charge < -0.3 is 10.2 Å². The van der Waals surface area contributed by atoms with Crippen molar-refractivity contribution in [1.82, 2.24) is 14.5 Å². The number of rotatable bonds is 7. The van der Waals surface area contributed by atoms with E-state index in [0.717, 1.165) is 25.8 Å². The zero-order valence-corrected chi connectivity index (χ0v) is 16.8. The molecule has 0 unspecified atom stereocenters. The van der Waals surface area contributed by atoms with Crippen molar-refractivity contribution in [2.24, 2.45) is 5.92 Å². The minimum Gasteiger partial charge on any atom is -0.356 e. The van der Waals surface area contributed by atoms with Gasteiger partial charge in [-0.05, 0) is 63.9 Å². The standard InChI is InChI=1S/C20H31N3O3S/c24-20(21-12-8-15-22-13-5-2-6-14-22)18-9-7-16-23(17-18)27(25,26)19-10-3-1-4-11-19/h1,3-4,10-11,18H,2,5-9,12-17H2,(H,21,24)/t18-/m0/s1. The number of likely N-dealkylation sites (tertiary alicyclic amines) is 1. The number of nitrogens with zero attached hydrogens (tertiary/aromatic N) is 2. The van der Waals surface area contributed by atoms with E-state index in [4.69, 9.17) is 0 Å². The fourth-order valence-corrected chi connectivity index (χ4v) is 5.50. The highest BCUT2D eigenvalue weighted by Crippen LogP contribution is 2.23. The van der Waals surface area contributed by atoms with Crippen LogP contribution in [-0.2, 0) is 14.8 Å². The Kier molecular flexibility index (Phi) is 7.26. The predicted octanol–water partition coefficient (Wildman–Crippen LogP) is 2.08. The lowest BCUT2D eigenvalue weighted by Gasteiger charge is -2.31. The van der Waals surface area contributed by atoms with Gasteiger partial charge in [0.1, 0.15) is 0 Å². The highest BCUT2D eigenvalue weighted by atomic mass is 32.2. The fourth-order valence-electron chi connectivity index (χ4n) is 3.96. The molecule has 0 radical (unpaired) electrons. The van der Waals surface area contributed by atoms with E-state index >= 15 is 0 Å². The molecule has 27 heavy (non-hydrogen) atoms. The van der Waals surface area contributed by atoms with Crippen LogP contribution < -0.4 is 5.32 Å². The number of benzene rings is 1. The Morgan fingerprint density at radius 3 is 2.52 bits per heavy atom. The van der Waals surface area contributed by atoms with Gasteiger partial charge in [-0.3, -0.25) is 4.79 Å². The van der Waals surface area contributed by atoms with Crippen molar-refractivity contribution < 1.29 is 13.2 Å². The second-order valence-corrected chi connectivity index (χ2v) is 9.50. The molecule has 150 valence electrons. The lowest BCUT2D eigenvalue weighted by Crippen LogP contribution is -2.45. The lowest BCUT2D eigenvalue weighted by molar-refractivity contribution is -0.126. The van der Waals surface area contributed by atoms with Gasteiger partial charge in [-0.25, -0.2) is 8.42 Å². The van der Waals surface area contributed by atoms with Crippen molar-refractivity contribution in [2.75, 3.05) is 39.3 Å². The van der Waals surface area contributed by atoms with Gasteiger partial charge in [0, 0.05) is 19.6 Å². The maximum absolute atomic E-state index is 12.8. The van der Waals surface area contributed by atoms with Gasteiger partial charge in [-0.1, -0.05) is 24.6 Å². The third-order valence-corrected chi connectivity index (χ3v) is 7.41. The van der Waals surface area contributed by atoms with Gasteiger partial charge in [-0.15, -0.1) is 0 Å². The van der Waals surface area contributed by atoms with Crippen LogP contribution in [0.2, 0.25) is 0 Å². The van der Waals surface area contributed by atoms with Crippen LogP contribution in [0.15, 0.2) is 35.2 Å². The van der Waals surface area contributed by atoms with Crippen LogP contribution in [0.5, 0.6) is 0 Å². The van der Waals surface area contributed by atoms with E-state index in [1.807, 2.05) is 0 Å². The van der Waals surface area contributed by atoms with Crippen molar-refractivity contribution in [2.45, 2.75) is 43.4 Å². The van der Waals surface area contributed by atoms with Crippen LogP contribution in [0.25, 0.3) is 0 Å². The fraction of sp³-hybridized carbons (Fsp3) is 0.650. The van der Waals surface area contributed by atoms with E-state index < -0.39 is 10.0 Å². The van der Waals surface area contributed by atoms with E-state index in [1.165, 1.54) is 36.7 Å². The minimum atomic E-state index is -3.52. The number of carbonyl (C=O) groups is 1. The molecule has 7 heteroatoms. The smallest absolute Gasteiger partial charge is 0.243 e. The summed E-state index contributed by atoms with van der Waals surface area (Å²) in [6.45, 7) is 4.79. The molecule has 3 rings (SSSR count). The molecule has 1 aromatic carbocycles. The monoisotopic (exact) mass is 393 g/mol. The average Bonchev–Trinajstić information content (AvgIpc) is 2.72. The molecule has 1 N–H and O–H groups in total. The Hall–Kier alpha value is -1.44. The first-order chi connectivity index (χ1) is 13.1. The third-order valence-electron chi connectivity index (χ3n) is 5.53. The van der Waals surface area contributed by atoms with Gasteiger partial charge in [0.2, 0.25) is 15.9 Å². The second kappa shape index (κ2) is 9.66. The number of hydrogen-bond acceptors (Lipinski definition) is 4. The Morgan fingerprint density at radius 1 is 1.04 bits per heavy atom. The first-order valence-electron chi connectivity index (χ1n) is 10.1. The molecule has 1 amide bonds. The van der Waals surface area contributed by atoms with Crippen molar-refractivity contribution in [1.29, 1.82) is 0 Å². The van der Waals surface area contributed by atoms with Crippen LogP contribution in [-0.4, -0.2) is 62.8 Å². The molecule has 2 saturated heterocycles. The molecule has 1 aromatic rings. The summed E-state index contributed by atoms with van der Waals surface area (Å²) in [7, 11) is -3.52. The molecule has 6 nitrogen and oxygen atoms in total. The molecule has 2 aliphatic rings. The SMILES string of the molecule is O=C(NCCCN1CCCCC1)[C@H]1CCCN(S(=O)(=O)c2ccccc2)C1. The van der Waals surface area contributed by atoms with Crippen LogP contribution in [0.4, 0.5) is 0 Å². The van der Waals surface area contributed by atoms with Gasteiger partial charge >= 0.3 is 0 Å². The van der Waals surface area contributed by atoms with Gasteiger partial charge in [0.25, 0.3) is 0 Å². The Labute approximate surface area is 163 Å². The molecule has 1 atom stereocenters. The molecule has 2 aliphatic heterocycles. The van der Waals surface area contributed by atoms with Crippen LogP contribution in [0.3, 0.4) is 0 Å². The van der Waals surface area contributed by atoms with E-state index in [1.54, 1.807) is 30.3 Å². The number of piperidine rings is 2. The number of sulfonamides is 1. The average molecular weight is 394 g/mol. The maximum Gasteiger partial charge on any atom is 0.243 e. The normalized spacial score (nSPS) is 22.4. The van der Waals surface area contributed by atoms with Gasteiger partial charge in [-0.2, -0.15) is 4.31 Å². The summed E-state index contributed by atoms with van der Waals surface area (Å²) in [4.78, 5) is 15.3. The van der Waals surface area contributed by atoms with E-state index in [2.05, 4.69) is 10.2 Å². The third kappa shape index (κ3) is 5.53. The molecular weight excluding hydrogens is 362 g/mol. The topological polar surface area (TPSA) is 69.7 Å². The molecular formula is C20H31N3O3S. The highest BCUT2D eigenvalue weighted by molar-refractivity contribution is 7.89. The van der Waals surface area contributed by atoms with Crippen LogP contribution in [0.1, 0.15) is 38.5 Å². The molecule has 2 heterocycles. The van der Waals surface area contributed by atoms with Crippen LogP contribution in [0, 0.1) is 5.92 Å². The van der Waals surface area contributed by atoms with E-state index in [0.29, 0.717) is 18.0 Å². The van der Waals surface area contributed by atoms with Gasteiger partial charge in [0.15, 0.2) is 0 Å². The number of hydrogen-bond donors (Lipinski definition) is 1. The summed E-state index contributed by atoms with van der Waals surface area (Å²) in [5, 5.41) is 3.02. The van der Waals surface area contributed by atoms with E-state index in [9.17, 15) is 13.2 Å². The minimum absolute atomic E-state index is 0.0124. The van der Waals surface area contributed by atoms with Crippen LogP contribution >= 0.6 is 0 Å². The molecule has 0 bridgehead atoms. The number of nitrogens with one attached hydrogen (secondary N) is 1. The molecule has 2 fully saturated rings. The summed E-state index contributed by atoms with van der Waals surface area (Å²) < 4.78 is 27.0. The zero-order chi connectivity index (χ0) is 19.1. The number of carbonyl (C=O) groups excluding carboxylic acids is 1. The van der Waals surface area contributed by atoms with Crippen molar-refractivity contribution >= 4 is 15.9 Å². The molecule has 0 aromatic heterocycles. The Morgan fingerprint density at radius 2 is 1.78 bits per heavy atom. The predicted molar refractivity (Wildman–Crippen MR) is 106 cm³/mol. The maximum atomic E-state index is 12.8. The summed E-state index contributed by atoms with van der Waals surface area (Å²) in [5.41, 5.74) is 0. The lowest BCUT2D eigenvalue weighted by atomic mass is 9.99. The summed E-state index contributed by atoms with van der Waals surface area (Å²) in [5.74, 6) is -0.270. The largest absolute Gasteiger partial charge is 0.356 e. The highest BCUT2D eigenvalue weighted by Gasteiger charge is 2.33. The van der Waals surface area contributed by atoms with Crippen molar-refractivity contribution in [3.8, 4) is 0 Å². The molecule has 0 spiro atoms. The first-order valence-corrected chi connectivity index (χ1v) is 11.6. The Balaban J connectivity index is 1.46. The first kappa shape index (κ1) is 20.3. The quantitative estimate of drug-likeness (QED) is 0.720. The van der Waals surface area contributed by atoms with Gasteiger partial charge in [0.05, 0.1) is 10.8 Å². The Bertz CT molecular complexity index is 702. The summed E-state index contributed by atoms with van der Waals surface area (Å²) in [6, 6.07) is 8.47. The zero-order valence-electron chi connectivity index (χ0n) is 16.0.